The number of amides is 2. The number of nitrogens with one attached hydrogen (secondary N) is 1. The van der Waals surface area contributed by atoms with Crippen molar-refractivity contribution in [3.05, 3.63) is 65.2 Å². The summed E-state index contributed by atoms with van der Waals surface area (Å²) in [4.78, 5) is 28.0. The predicted octanol–water partition coefficient (Wildman–Crippen LogP) is 5.28. The Hall–Kier alpha value is -3.08. The van der Waals surface area contributed by atoms with Crippen molar-refractivity contribution in [2.45, 2.75) is 78.2 Å². The van der Waals surface area contributed by atoms with Crippen molar-refractivity contribution in [3.8, 4) is 0 Å². The van der Waals surface area contributed by atoms with E-state index in [1.807, 2.05) is 52.0 Å². The molecule has 2 aromatic rings. The third kappa shape index (κ3) is 9.56. The van der Waals surface area contributed by atoms with E-state index in [2.05, 4.69) is 5.32 Å². The fourth-order valence-corrected chi connectivity index (χ4v) is 5.05. The van der Waals surface area contributed by atoms with Crippen LogP contribution in [-0.2, 0) is 32.3 Å². The quantitative estimate of drug-likeness (QED) is 0.356. The molecule has 0 fully saturated rings. The summed E-state index contributed by atoms with van der Waals surface area (Å²) in [7, 11) is -3.92. The van der Waals surface area contributed by atoms with Crippen molar-refractivity contribution < 1.29 is 31.2 Å². The number of alkyl halides is 3. The van der Waals surface area contributed by atoms with E-state index in [4.69, 9.17) is 0 Å². The fraction of sp³-hybridized carbons (Fsp3) is 0.500. The van der Waals surface area contributed by atoms with Gasteiger partial charge in [-0.3, -0.25) is 13.9 Å². The minimum Gasteiger partial charge on any atom is -0.352 e. The molecule has 2 rings (SSSR count). The van der Waals surface area contributed by atoms with E-state index < -0.39 is 27.8 Å². The van der Waals surface area contributed by atoms with E-state index in [-0.39, 0.29) is 49.5 Å². The standard InChI is InChI=1S/C28H38F3N3O4S/c1-6-21(4)32-27(36)25(7-2)33(19-22-15-13-20(3)14-16-22)26(35)12-9-17-34(39(5,37)38)24-11-8-10-23(18-24)28(29,30)31/h8,10-11,13-16,18,21,25H,6-7,9,12,17,19H2,1-5H3,(H,32,36)/t21-,25-/m1/s1. The van der Waals surface area contributed by atoms with E-state index >= 15 is 0 Å². The first kappa shape index (κ1) is 32.1. The van der Waals surface area contributed by atoms with E-state index in [0.717, 1.165) is 46.3 Å². The van der Waals surface area contributed by atoms with Crippen LogP contribution >= 0.6 is 0 Å². The predicted molar refractivity (Wildman–Crippen MR) is 147 cm³/mol. The zero-order chi connectivity index (χ0) is 29.4. The van der Waals surface area contributed by atoms with Gasteiger partial charge >= 0.3 is 6.18 Å². The van der Waals surface area contributed by atoms with Gasteiger partial charge in [0.1, 0.15) is 6.04 Å². The first-order valence-corrected chi connectivity index (χ1v) is 14.8. The number of anilines is 1. The summed E-state index contributed by atoms with van der Waals surface area (Å²) in [6.07, 6.45) is -2.66. The number of carbonyl (C=O) groups is 2. The van der Waals surface area contributed by atoms with Gasteiger partial charge in [-0.15, -0.1) is 0 Å². The molecule has 0 radical (unpaired) electrons. The van der Waals surface area contributed by atoms with Crippen LogP contribution in [0.15, 0.2) is 48.5 Å². The van der Waals surface area contributed by atoms with Crippen LogP contribution in [0.25, 0.3) is 0 Å². The molecule has 0 aliphatic heterocycles. The highest BCUT2D eigenvalue weighted by molar-refractivity contribution is 7.92. The maximum absolute atomic E-state index is 13.5. The van der Waals surface area contributed by atoms with Crippen molar-refractivity contribution >= 4 is 27.5 Å². The van der Waals surface area contributed by atoms with Gasteiger partial charge in [0.2, 0.25) is 21.8 Å². The number of hydrogen-bond donors (Lipinski definition) is 1. The molecule has 0 aliphatic rings. The summed E-state index contributed by atoms with van der Waals surface area (Å²) >= 11 is 0. The third-order valence-corrected chi connectivity index (χ3v) is 7.67. The van der Waals surface area contributed by atoms with Crippen LogP contribution in [0.3, 0.4) is 0 Å². The van der Waals surface area contributed by atoms with Crippen LogP contribution in [0.2, 0.25) is 0 Å². The Morgan fingerprint density at radius 2 is 1.67 bits per heavy atom. The largest absolute Gasteiger partial charge is 0.416 e. The molecule has 2 aromatic carbocycles. The Kier molecular flexibility index (Phi) is 11.4. The van der Waals surface area contributed by atoms with Crippen LogP contribution in [0, 0.1) is 6.92 Å². The van der Waals surface area contributed by atoms with Crippen LogP contribution < -0.4 is 9.62 Å². The summed E-state index contributed by atoms with van der Waals surface area (Å²) < 4.78 is 65.4. The lowest BCUT2D eigenvalue weighted by atomic mass is 10.1. The highest BCUT2D eigenvalue weighted by Crippen LogP contribution is 2.32. The summed E-state index contributed by atoms with van der Waals surface area (Å²) in [5, 5.41) is 2.93. The molecule has 0 aromatic heterocycles. The molecule has 39 heavy (non-hydrogen) atoms. The lowest BCUT2D eigenvalue weighted by molar-refractivity contribution is -0.141. The van der Waals surface area contributed by atoms with Gasteiger partial charge < -0.3 is 10.2 Å². The van der Waals surface area contributed by atoms with E-state index in [1.54, 1.807) is 0 Å². The van der Waals surface area contributed by atoms with Crippen molar-refractivity contribution in [1.82, 2.24) is 10.2 Å². The number of hydrogen-bond acceptors (Lipinski definition) is 4. The Morgan fingerprint density at radius 3 is 2.21 bits per heavy atom. The highest BCUT2D eigenvalue weighted by Gasteiger charge is 2.32. The second-order valence-electron chi connectivity index (χ2n) is 9.74. The molecule has 2 atom stereocenters. The van der Waals surface area contributed by atoms with Gasteiger partial charge in [0.25, 0.3) is 0 Å². The first-order chi connectivity index (χ1) is 18.2. The number of rotatable bonds is 13. The zero-order valence-corrected chi connectivity index (χ0v) is 23.9. The number of carbonyl (C=O) groups excluding carboxylic acids is 2. The molecule has 0 heterocycles. The minimum absolute atomic E-state index is 0.0516. The smallest absolute Gasteiger partial charge is 0.352 e. The summed E-state index contributed by atoms with van der Waals surface area (Å²) in [5.41, 5.74) is 0.793. The van der Waals surface area contributed by atoms with E-state index in [1.165, 1.54) is 11.0 Å². The van der Waals surface area contributed by atoms with E-state index in [9.17, 15) is 31.2 Å². The van der Waals surface area contributed by atoms with Crippen molar-refractivity contribution in [2.75, 3.05) is 17.1 Å². The Labute approximate surface area is 229 Å². The van der Waals surface area contributed by atoms with Gasteiger partial charge in [0, 0.05) is 25.6 Å². The lowest BCUT2D eigenvalue weighted by Gasteiger charge is -2.32. The minimum atomic E-state index is -4.63. The average Bonchev–Trinajstić information content (AvgIpc) is 2.86. The first-order valence-electron chi connectivity index (χ1n) is 13.0. The van der Waals surface area contributed by atoms with Gasteiger partial charge in [0.05, 0.1) is 17.5 Å². The van der Waals surface area contributed by atoms with Gasteiger partial charge in [0.15, 0.2) is 0 Å². The highest BCUT2D eigenvalue weighted by atomic mass is 32.2. The fourth-order valence-electron chi connectivity index (χ4n) is 4.09. The number of nitrogens with zero attached hydrogens (tertiary/aromatic N) is 2. The van der Waals surface area contributed by atoms with Crippen LogP contribution in [0.1, 0.15) is 63.1 Å². The monoisotopic (exact) mass is 569 g/mol. The van der Waals surface area contributed by atoms with Gasteiger partial charge in [-0.1, -0.05) is 49.7 Å². The van der Waals surface area contributed by atoms with Crippen molar-refractivity contribution in [2.24, 2.45) is 0 Å². The Morgan fingerprint density at radius 1 is 1.03 bits per heavy atom. The summed E-state index contributed by atoms with van der Waals surface area (Å²) in [5.74, 6) is -0.617. The molecule has 0 saturated carbocycles. The number of aryl methyl sites for hydroxylation is 1. The average molecular weight is 570 g/mol. The summed E-state index contributed by atoms with van der Waals surface area (Å²) in [6, 6.07) is 10.9. The maximum Gasteiger partial charge on any atom is 0.416 e. The molecule has 1 N–H and O–H groups in total. The molecular weight excluding hydrogens is 531 g/mol. The van der Waals surface area contributed by atoms with Gasteiger partial charge in [-0.25, -0.2) is 8.42 Å². The molecule has 0 aliphatic carbocycles. The second kappa shape index (κ2) is 13.8. The molecule has 7 nitrogen and oxygen atoms in total. The SMILES string of the molecule is CC[C@@H](C)NC(=O)[C@@H](CC)N(Cc1ccc(C)cc1)C(=O)CCCN(c1cccc(C(F)(F)F)c1)S(C)(=O)=O. The number of halogens is 3. The number of sulfonamides is 1. The van der Waals surface area contributed by atoms with Crippen LogP contribution in [-0.4, -0.2) is 50.0 Å². The van der Waals surface area contributed by atoms with Gasteiger partial charge in [-0.2, -0.15) is 13.2 Å². The number of benzene rings is 2. The van der Waals surface area contributed by atoms with Crippen molar-refractivity contribution in [1.29, 1.82) is 0 Å². The van der Waals surface area contributed by atoms with Gasteiger partial charge in [-0.05, 0) is 56.9 Å². The third-order valence-electron chi connectivity index (χ3n) is 6.47. The van der Waals surface area contributed by atoms with Crippen LogP contribution in [0.4, 0.5) is 18.9 Å². The second-order valence-corrected chi connectivity index (χ2v) is 11.6. The molecule has 0 saturated heterocycles. The van der Waals surface area contributed by atoms with Crippen molar-refractivity contribution in [3.63, 3.8) is 0 Å². The Bertz CT molecular complexity index is 1220. The molecule has 0 spiro atoms. The maximum atomic E-state index is 13.5. The van der Waals surface area contributed by atoms with Crippen LogP contribution in [0.5, 0.6) is 0 Å². The molecule has 0 bridgehead atoms. The molecule has 2 amide bonds. The molecule has 11 heteroatoms. The topological polar surface area (TPSA) is 86.8 Å². The van der Waals surface area contributed by atoms with E-state index in [0.29, 0.717) is 6.42 Å². The lowest BCUT2D eigenvalue weighted by Crippen LogP contribution is -2.50. The molecule has 216 valence electrons. The zero-order valence-electron chi connectivity index (χ0n) is 23.1. The Balaban J connectivity index is 2.26. The normalized spacial score (nSPS) is 13.4. The molecule has 0 unspecified atom stereocenters. The molecular formula is C28H38F3N3O4S. The summed E-state index contributed by atoms with van der Waals surface area (Å²) in [6.45, 7) is 7.58.